The van der Waals surface area contributed by atoms with Gasteiger partial charge in [-0.3, -0.25) is 14.8 Å². The number of hydrogen-bond acceptors (Lipinski definition) is 5. The Balaban J connectivity index is 2.22. The Morgan fingerprint density at radius 3 is 2.42 bits per heavy atom. The summed E-state index contributed by atoms with van der Waals surface area (Å²) < 4.78 is 5.30. The second-order valence-electron chi connectivity index (χ2n) is 9.60. The molecule has 0 radical (unpaired) electrons. The summed E-state index contributed by atoms with van der Waals surface area (Å²) in [6.45, 7) is 7.42. The third-order valence-electron chi connectivity index (χ3n) is 5.84. The molecular weight excluding hydrogens is 448 g/mol. The van der Waals surface area contributed by atoms with Gasteiger partial charge >= 0.3 is 6.03 Å². The van der Waals surface area contributed by atoms with E-state index in [9.17, 15) is 14.4 Å². The van der Waals surface area contributed by atoms with Crippen molar-refractivity contribution in [1.82, 2.24) is 15.7 Å². The van der Waals surface area contributed by atoms with E-state index >= 15 is 0 Å². The number of amides is 4. The van der Waals surface area contributed by atoms with E-state index in [1.165, 1.54) is 12.0 Å². The highest BCUT2D eigenvalue weighted by Crippen LogP contribution is 2.31. The standard InChI is InChI=1S/C23H35ClN4O5/c1-14-10-17(18(33-5)11-16(14)24)25-22(31)26-20(23(2,3)4)21(30)28(13-19(29)27-32)12-15-8-6-7-9-15/h10-11,15,20,32H,6-9,12-13H2,1-5H3,(H,27,29)(H2,25,26,31)/t20-/m1/s1. The number of aryl methyl sites for hydroxylation is 1. The second-order valence-corrected chi connectivity index (χ2v) is 10.0. The Bertz CT molecular complexity index is 865. The van der Waals surface area contributed by atoms with Crippen LogP contribution in [0.15, 0.2) is 12.1 Å². The van der Waals surface area contributed by atoms with Crippen molar-refractivity contribution in [3.8, 4) is 5.75 Å². The minimum atomic E-state index is -0.912. The van der Waals surface area contributed by atoms with Gasteiger partial charge in [0.15, 0.2) is 0 Å². The first-order chi connectivity index (χ1) is 15.5. The highest BCUT2D eigenvalue weighted by atomic mass is 35.5. The van der Waals surface area contributed by atoms with Crippen LogP contribution in [0, 0.1) is 18.3 Å². The minimum Gasteiger partial charge on any atom is -0.495 e. The summed E-state index contributed by atoms with van der Waals surface area (Å²) in [5, 5.41) is 15.0. The molecule has 0 spiro atoms. The zero-order valence-corrected chi connectivity index (χ0v) is 20.7. The summed E-state index contributed by atoms with van der Waals surface area (Å²) in [6.07, 6.45) is 4.14. The number of halogens is 1. The van der Waals surface area contributed by atoms with E-state index < -0.39 is 23.4 Å². The fourth-order valence-corrected chi connectivity index (χ4v) is 4.15. The Morgan fingerprint density at radius 1 is 1.24 bits per heavy atom. The van der Waals surface area contributed by atoms with Crippen molar-refractivity contribution >= 4 is 35.1 Å². The van der Waals surface area contributed by atoms with Crippen molar-refractivity contribution in [3.05, 3.63) is 22.7 Å². The molecule has 0 bridgehead atoms. The summed E-state index contributed by atoms with van der Waals surface area (Å²) in [5.41, 5.74) is 2.13. The zero-order valence-electron chi connectivity index (χ0n) is 20.0. The highest BCUT2D eigenvalue weighted by Gasteiger charge is 2.37. The van der Waals surface area contributed by atoms with Gasteiger partial charge in [-0.25, -0.2) is 10.3 Å². The van der Waals surface area contributed by atoms with E-state index in [1.807, 2.05) is 20.8 Å². The Kier molecular flexibility index (Phi) is 9.36. The lowest BCUT2D eigenvalue weighted by molar-refractivity contribution is -0.142. The van der Waals surface area contributed by atoms with Crippen LogP contribution in [-0.4, -0.2) is 54.2 Å². The molecular formula is C23H35ClN4O5. The molecule has 0 heterocycles. The van der Waals surface area contributed by atoms with Gasteiger partial charge in [0.05, 0.1) is 12.8 Å². The first kappa shape index (κ1) is 26.7. The maximum absolute atomic E-state index is 13.5. The third kappa shape index (κ3) is 7.50. The molecule has 184 valence electrons. The Morgan fingerprint density at radius 2 is 1.88 bits per heavy atom. The maximum atomic E-state index is 13.5. The van der Waals surface area contributed by atoms with Crippen LogP contribution in [0.3, 0.4) is 0 Å². The van der Waals surface area contributed by atoms with Gasteiger partial charge in [-0.05, 0) is 42.7 Å². The van der Waals surface area contributed by atoms with Crippen LogP contribution in [0.25, 0.3) is 0 Å². The third-order valence-corrected chi connectivity index (χ3v) is 6.25. The van der Waals surface area contributed by atoms with Crippen LogP contribution in [0.5, 0.6) is 5.75 Å². The fourth-order valence-electron chi connectivity index (χ4n) is 4.00. The quantitative estimate of drug-likeness (QED) is 0.332. The molecule has 2 rings (SSSR count). The van der Waals surface area contributed by atoms with Gasteiger partial charge in [0, 0.05) is 17.6 Å². The van der Waals surface area contributed by atoms with Crippen molar-refractivity contribution in [2.45, 2.75) is 59.4 Å². The van der Waals surface area contributed by atoms with Gasteiger partial charge in [0.1, 0.15) is 18.3 Å². The minimum absolute atomic E-state index is 0.286. The number of carbonyl (C=O) groups is 3. The molecule has 9 nitrogen and oxygen atoms in total. The Hall–Kier alpha value is -2.52. The van der Waals surface area contributed by atoms with Crippen LogP contribution in [0.4, 0.5) is 10.5 Å². The molecule has 0 unspecified atom stereocenters. The monoisotopic (exact) mass is 482 g/mol. The Labute approximate surface area is 200 Å². The number of hydroxylamine groups is 1. The molecule has 4 amide bonds. The van der Waals surface area contributed by atoms with Gasteiger partial charge < -0.3 is 20.3 Å². The second kappa shape index (κ2) is 11.6. The predicted molar refractivity (Wildman–Crippen MR) is 127 cm³/mol. The largest absolute Gasteiger partial charge is 0.495 e. The van der Waals surface area contributed by atoms with Crippen LogP contribution >= 0.6 is 11.6 Å². The molecule has 1 fully saturated rings. The number of nitrogens with one attached hydrogen (secondary N) is 3. The molecule has 1 atom stereocenters. The maximum Gasteiger partial charge on any atom is 0.320 e. The first-order valence-corrected chi connectivity index (χ1v) is 11.5. The molecule has 1 saturated carbocycles. The lowest BCUT2D eigenvalue weighted by Gasteiger charge is -2.35. The van der Waals surface area contributed by atoms with Crippen LogP contribution in [-0.2, 0) is 9.59 Å². The lowest BCUT2D eigenvalue weighted by atomic mass is 9.85. The van der Waals surface area contributed by atoms with E-state index in [-0.39, 0.29) is 18.4 Å². The van der Waals surface area contributed by atoms with E-state index in [2.05, 4.69) is 10.6 Å². The number of rotatable bonds is 8. The average molecular weight is 483 g/mol. The zero-order chi connectivity index (χ0) is 24.8. The lowest BCUT2D eigenvalue weighted by Crippen LogP contribution is -2.57. The molecule has 10 heteroatoms. The normalized spacial score (nSPS) is 15.0. The van der Waals surface area contributed by atoms with Crippen molar-refractivity contribution < 1.29 is 24.3 Å². The summed E-state index contributed by atoms with van der Waals surface area (Å²) >= 11 is 6.14. The molecule has 0 aliphatic heterocycles. The number of methoxy groups -OCH3 is 1. The van der Waals surface area contributed by atoms with Gasteiger partial charge in [-0.1, -0.05) is 45.2 Å². The topological polar surface area (TPSA) is 120 Å². The molecule has 33 heavy (non-hydrogen) atoms. The number of ether oxygens (including phenoxy) is 1. The molecule has 1 aliphatic carbocycles. The molecule has 1 aromatic carbocycles. The molecule has 4 N–H and O–H groups in total. The van der Waals surface area contributed by atoms with Crippen LogP contribution in [0.1, 0.15) is 52.0 Å². The van der Waals surface area contributed by atoms with Gasteiger partial charge in [0.25, 0.3) is 5.91 Å². The number of anilines is 1. The van der Waals surface area contributed by atoms with E-state index in [0.29, 0.717) is 23.0 Å². The number of nitrogens with zero attached hydrogens (tertiary/aromatic N) is 1. The van der Waals surface area contributed by atoms with Crippen LogP contribution in [0.2, 0.25) is 5.02 Å². The smallest absolute Gasteiger partial charge is 0.320 e. The SMILES string of the molecule is COc1cc(Cl)c(C)cc1NC(=O)N[C@H](C(=O)N(CC(=O)NO)CC1CCCC1)C(C)(C)C. The predicted octanol–water partition coefficient (Wildman–Crippen LogP) is 3.72. The summed E-state index contributed by atoms with van der Waals surface area (Å²) in [4.78, 5) is 39.7. The van der Waals surface area contributed by atoms with Crippen molar-refractivity contribution in [2.75, 3.05) is 25.5 Å². The summed E-state index contributed by atoms with van der Waals surface area (Å²) in [5.74, 6) is -0.384. The molecule has 0 aromatic heterocycles. The van der Waals surface area contributed by atoms with Gasteiger partial charge in [-0.15, -0.1) is 0 Å². The van der Waals surface area contributed by atoms with E-state index in [4.69, 9.17) is 21.5 Å². The van der Waals surface area contributed by atoms with Crippen molar-refractivity contribution in [3.63, 3.8) is 0 Å². The number of carbonyl (C=O) groups excluding carboxylic acids is 3. The number of hydrogen-bond donors (Lipinski definition) is 4. The van der Waals surface area contributed by atoms with Gasteiger partial charge in [0.2, 0.25) is 5.91 Å². The highest BCUT2D eigenvalue weighted by molar-refractivity contribution is 6.31. The van der Waals surface area contributed by atoms with Crippen LogP contribution < -0.4 is 20.9 Å². The summed E-state index contributed by atoms with van der Waals surface area (Å²) in [7, 11) is 1.47. The van der Waals surface area contributed by atoms with E-state index in [0.717, 1.165) is 31.2 Å². The average Bonchev–Trinajstić information content (AvgIpc) is 3.25. The van der Waals surface area contributed by atoms with E-state index in [1.54, 1.807) is 24.5 Å². The fraction of sp³-hybridized carbons (Fsp3) is 0.609. The molecule has 1 aromatic rings. The van der Waals surface area contributed by atoms with Crippen molar-refractivity contribution in [1.29, 1.82) is 0 Å². The number of urea groups is 1. The molecule has 0 saturated heterocycles. The first-order valence-electron chi connectivity index (χ1n) is 11.1. The summed E-state index contributed by atoms with van der Waals surface area (Å²) in [6, 6.07) is 1.79. The molecule has 1 aliphatic rings. The van der Waals surface area contributed by atoms with Gasteiger partial charge in [-0.2, -0.15) is 0 Å². The van der Waals surface area contributed by atoms with Crippen molar-refractivity contribution in [2.24, 2.45) is 11.3 Å². The number of benzene rings is 1.